The highest BCUT2D eigenvalue weighted by Crippen LogP contribution is 2.31. The predicted octanol–water partition coefficient (Wildman–Crippen LogP) is 5.12. The summed E-state index contributed by atoms with van der Waals surface area (Å²) in [7, 11) is 1.52. The highest BCUT2D eigenvalue weighted by atomic mass is 19.1. The average Bonchev–Trinajstić information content (AvgIpc) is 3.13. The molecule has 8 heteroatoms. The van der Waals surface area contributed by atoms with Crippen LogP contribution in [0.2, 0.25) is 0 Å². The standard InChI is InChI=1S/C29H24FN3O4/c1-17-4-13-26-24(14-17)23(18(2)32(26)16-19-5-7-20(30)8-6-19)15-25-27(34)31-29(36)33(28(25)35)21-9-11-22(37-3)12-10-21/h4-15H,16H2,1-3H3,(H,31,34,36). The van der Waals surface area contributed by atoms with E-state index >= 15 is 0 Å². The number of amides is 4. The van der Waals surface area contributed by atoms with Crippen LogP contribution in [0.4, 0.5) is 14.9 Å². The zero-order valence-corrected chi connectivity index (χ0v) is 20.5. The van der Waals surface area contributed by atoms with Gasteiger partial charge in [0.15, 0.2) is 0 Å². The van der Waals surface area contributed by atoms with Crippen LogP contribution in [0.3, 0.4) is 0 Å². The Morgan fingerprint density at radius 2 is 1.65 bits per heavy atom. The Hall–Kier alpha value is -4.72. The third-order valence-electron chi connectivity index (χ3n) is 6.50. The molecule has 0 aliphatic carbocycles. The Bertz CT molecular complexity index is 1580. The number of methoxy groups -OCH3 is 1. The van der Waals surface area contributed by atoms with Gasteiger partial charge in [-0.15, -0.1) is 0 Å². The molecule has 1 aliphatic heterocycles. The number of urea groups is 1. The lowest BCUT2D eigenvalue weighted by Crippen LogP contribution is -2.54. The van der Waals surface area contributed by atoms with Gasteiger partial charge in [0.1, 0.15) is 17.1 Å². The number of barbiturate groups is 1. The van der Waals surface area contributed by atoms with Crippen molar-refractivity contribution in [3.8, 4) is 5.75 Å². The Morgan fingerprint density at radius 3 is 2.32 bits per heavy atom. The lowest BCUT2D eigenvalue weighted by molar-refractivity contribution is -0.122. The monoisotopic (exact) mass is 497 g/mol. The van der Waals surface area contributed by atoms with E-state index in [1.54, 1.807) is 42.5 Å². The lowest BCUT2D eigenvalue weighted by atomic mass is 10.0. The number of fused-ring (bicyclic) bond motifs is 1. The van der Waals surface area contributed by atoms with Crippen LogP contribution in [-0.4, -0.2) is 29.5 Å². The van der Waals surface area contributed by atoms with Crippen LogP contribution >= 0.6 is 0 Å². The fraction of sp³-hybridized carbons (Fsp3) is 0.138. The first-order chi connectivity index (χ1) is 17.8. The molecule has 0 spiro atoms. The second-order valence-electron chi connectivity index (χ2n) is 8.89. The third kappa shape index (κ3) is 4.38. The van der Waals surface area contributed by atoms with E-state index in [0.29, 0.717) is 23.5 Å². The first kappa shape index (κ1) is 24.0. The zero-order valence-electron chi connectivity index (χ0n) is 20.5. The topological polar surface area (TPSA) is 80.6 Å². The minimum absolute atomic E-state index is 0.152. The minimum atomic E-state index is -0.816. The first-order valence-corrected chi connectivity index (χ1v) is 11.7. The van der Waals surface area contributed by atoms with E-state index in [9.17, 15) is 18.8 Å². The Kier molecular flexibility index (Phi) is 6.09. The van der Waals surface area contributed by atoms with E-state index < -0.39 is 17.8 Å². The molecular formula is C29H24FN3O4. The number of ether oxygens (including phenoxy) is 1. The summed E-state index contributed by atoms with van der Waals surface area (Å²) in [5.41, 5.74) is 4.51. The van der Waals surface area contributed by atoms with Crippen molar-refractivity contribution in [2.45, 2.75) is 20.4 Å². The van der Waals surface area contributed by atoms with Gasteiger partial charge in [0.2, 0.25) is 0 Å². The number of imide groups is 2. The SMILES string of the molecule is COc1ccc(N2C(=O)NC(=O)C(=Cc3c(C)n(Cc4ccc(F)cc4)c4ccc(C)cc34)C2=O)cc1. The number of carbonyl (C=O) groups excluding carboxylic acids is 3. The number of hydrogen-bond donors (Lipinski definition) is 1. The number of anilines is 1. The van der Waals surface area contributed by atoms with E-state index in [4.69, 9.17) is 4.74 Å². The summed E-state index contributed by atoms with van der Waals surface area (Å²) in [6.07, 6.45) is 1.54. The second-order valence-corrected chi connectivity index (χ2v) is 8.89. The van der Waals surface area contributed by atoms with Crippen LogP contribution in [0.15, 0.2) is 72.3 Å². The quantitative estimate of drug-likeness (QED) is 0.307. The van der Waals surface area contributed by atoms with E-state index in [0.717, 1.165) is 32.6 Å². The van der Waals surface area contributed by atoms with Crippen LogP contribution < -0.4 is 15.0 Å². The van der Waals surface area contributed by atoms with Gasteiger partial charge >= 0.3 is 6.03 Å². The molecule has 0 bridgehead atoms. The number of nitrogens with one attached hydrogen (secondary N) is 1. The van der Waals surface area contributed by atoms with Gasteiger partial charge < -0.3 is 9.30 Å². The number of halogens is 1. The summed E-state index contributed by atoms with van der Waals surface area (Å²) in [6, 6.07) is 17.8. The number of nitrogens with zero attached hydrogens (tertiary/aromatic N) is 2. The fourth-order valence-corrected chi connectivity index (χ4v) is 4.55. The van der Waals surface area contributed by atoms with Crippen molar-refractivity contribution in [2.75, 3.05) is 12.0 Å². The summed E-state index contributed by atoms with van der Waals surface area (Å²) >= 11 is 0. The third-order valence-corrected chi connectivity index (χ3v) is 6.50. The maximum absolute atomic E-state index is 13.5. The number of carbonyl (C=O) groups is 3. The normalized spacial score (nSPS) is 15.0. The number of benzene rings is 3. The van der Waals surface area contributed by atoms with E-state index in [1.807, 2.05) is 32.0 Å². The molecule has 186 valence electrons. The molecule has 1 aromatic heterocycles. The largest absolute Gasteiger partial charge is 0.497 e. The molecule has 4 amide bonds. The van der Waals surface area contributed by atoms with Gasteiger partial charge in [-0.2, -0.15) is 0 Å². The van der Waals surface area contributed by atoms with Crippen LogP contribution in [0.25, 0.3) is 17.0 Å². The number of aromatic nitrogens is 1. The smallest absolute Gasteiger partial charge is 0.335 e. The van der Waals surface area contributed by atoms with E-state index in [-0.39, 0.29) is 11.4 Å². The molecule has 1 saturated heterocycles. The molecule has 0 atom stereocenters. The maximum Gasteiger partial charge on any atom is 0.335 e. The van der Waals surface area contributed by atoms with Gasteiger partial charge in [0, 0.05) is 28.7 Å². The average molecular weight is 498 g/mol. The van der Waals surface area contributed by atoms with Crippen LogP contribution in [0.1, 0.15) is 22.4 Å². The Labute approximate surface area is 212 Å². The molecule has 4 aromatic rings. The molecule has 1 fully saturated rings. The Balaban J connectivity index is 1.61. The highest BCUT2D eigenvalue weighted by Gasteiger charge is 2.37. The summed E-state index contributed by atoms with van der Waals surface area (Å²) in [6.45, 7) is 4.35. The Morgan fingerprint density at radius 1 is 0.946 bits per heavy atom. The van der Waals surface area contributed by atoms with Crippen LogP contribution in [-0.2, 0) is 16.1 Å². The van der Waals surface area contributed by atoms with E-state index in [2.05, 4.69) is 9.88 Å². The van der Waals surface area contributed by atoms with Gasteiger partial charge in [0.25, 0.3) is 11.8 Å². The molecule has 7 nitrogen and oxygen atoms in total. The lowest BCUT2D eigenvalue weighted by Gasteiger charge is -2.26. The molecule has 0 radical (unpaired) electrons. The molecule has 37 heavy (non-hydrogen) atoms. The number of hydrogen-bond acceptors (Lipinski definition) is 4. The molecule has 1 aliphatic rings. The summed E-state index contributed by atoms with van der Waals surface area (Å²) in [5.74, 6) is -1.21. The fourth-order valence-electron chi connectivity index (χ4n) is 4.55. The van der Waals surface area contributed by atoms with Crippen molar-refractivity contribution in [3.63, 3.8) is 0 Å². The van der Waals surface area contributed by atoms with Crippen molar-refractivity contribution in [1.29, 1.82) is 0 Å². The molecule has 2 heterocycles. The second kappa shape index (κ2) is 9.39. The zero-order chi connectivity index (χ0) is 26.3. The van der Waals surface area contributed by atoms with E-state index in [1.165, 1.54) is 19.2 Å². The van der Waals surface area contributed by atoms with Gasteiger partial charge in [-0.25, -0.2) is 14.1 Å². The predicted molar refractivity (Wildman–Crippen MR) is 139 cm³/mol. The van der Waals surface area contributed by atoms with Crippen molar-refractivity contribution in [1.82, 2.24) is 9.88 Å². The molecule has 1 N–H and O–H groups in total. The molecular weight excluding hydrogens is 473 g/mol. The first-order valence-electron chi connectivity index (χ1n) is 11.7. The van der Waals surface area contributed by atoms with Gasteiger partial charge in [-0.3, -0.25) is 14.9 Å². The summed E-state index contributed by atoms with van der Waals surface area (Å²) in [4.78, 5) is 39.8. The van der Waals surface area contributed by atoms with Gasteiger partial charge in [0.05, 0.1) is 12.8 Å². The van der Waals surface area contributed by atoms with Gasteiger partial charge in [-0.1, -0.05) is 23.8 Å². The molecule has 5 rings (SSSR count). The van der Waals surface area contributed by atoms with Crippen molar-refractivity contribution >= 4 is 40.5 Å². The van der Waals surface area contributed by atoms with Crippen molar-refractivity contribution in [3.05, 3.63) is 101 Å². The number of aryl methyl sites for hydroxylation is 1. The maximum atomic E-state index is 13.5. The molecule has 3 aromatic carbocycles. The minimum Gasteiger partial charge on any atom is -0.497 e. The number of rotatable bonds is 5. The van der Waals surface area contributed by atoms with Crippen LogP contribution in [0, 0.1) is 19.7 Å². The van der Waals surface area contributed by atoms with Crippen LogP contribution in [0.5, 0.6) is 5.75 Å². The summed E-state index contributed by atoms with van der Waals surface area (Å²) < 4.78 is 20.7. The van der Waals surface area contributed by atoms with Crippen molar-refractivity contribution in [2.24, 2.45) is 0 Å². The molecule has 0 saturated carbocycles. The molecule has 0 unspecified atom stereocenters. The highest BCUT2D eigenvalue weighted by molar-refractivity contribution is 6.39. The van der Waals surface area contributed by atoms with Gasteiger partial charge in [-0.05, 0) is 74.0 Å². The summed E-state index contributed by atoms with van der Waals surface area (Å²) in [5, 5.41) is 3.14. The van der Waals surface area contributed by atoms with Crippen molar-refractivity contribution < 1.29 is 23.5 Å².